The maximum atomic E-state index is 10.7. The maximum absolute atomic E-state index is 10.7. The number of hydrogen-bond acceptors (Lipinski definition) is 7. The molecule has 1 heterocycles. The van der Waals surface area contributed by atoms with Crippen LogP contribution < -0.4 is 9.47 Å². The zero-order chi connectivity index (χ0) is 25.9. The molecule has 0 aliphatic heterocycles. The van der Waals surface area contributed by atoms with Gasteiger partial charge in [-0.05, 0) is 18.1 Å². The van der Waals surface area contributed by atoms with E-state index in [0.717, 1.165) is 16.8 Å². The standard InChI is InChI=1S/C28H39N3O5/c1-21(2)19-35-20-23(32)17-31(15-16-33-4)18-24-27(22-11-7-6-8-12-22)29-30(3)28(24)36-26-14-10-9-13-25(26)34-5/h6-14,21,23,32H,15-20H2,1-5H3/t23-/m1/s1. The number of benzene rings is 2. The zero-order valence-corrected chi connectivity index (χ0v) is 22.0. The van der Waals surface area contributed by atoms with Gasteiger partial charge in [0.1, 0.15) is 5.69 Å². The van der Waals surface area contributed by atoms with Crippen LogP contribution in [0.3, 0.4) is 0 Å². The van der Waals surface area contributed by atoms with Gasteiger partial charge < -0.3 is 24.1 Å². The van der Waals surface area contributed by atoms with E-state index in [0.29, 0.717) is 56.1 Å². The Balaban J connectivity index is 1.93. The van der Waals surface area contributed by atoms with Crippen molar-refractivity contribution in [2.45, 2.75) is 26.5 Å². The summed E-state index contributed by atoms with van der Waals surface area (Å²) in [5.41, 5.74) is 2.74. The number of methoxy groups -OCH3 is 2. The van der Waals surface area contributed by atoms with Gasteiger partial charge in [-0.2, -0.15) is 5.10 Å². The van der Waals surface area contributed by atoms with E-state index >= 15 is 0 Å². The number of para-hydroxylation sites is 2. The van der Waals surface area contributed by atoms with E-state index in [1.54, 1.807) is 18.9 Å². The van der Waals surface area contributed by atoms with Gasteiger partial charge in [-0.15, -0.1) is 0 Å². The van der Waals surface area contributed by atoms with Gasteiger partial charge in [-0.3, -0.25) is 4.90 Å². The Labute approximate surface area is 214 Å². The monoisotopic (exact) mass is 497 g/mol. The molecule has 2 aromatic carbocycles. The second kappa shape index (κ2) is 14.0. The van der Waals surface area contributed by atoms with Crippen molar-refractivity contribution in [3.63, 3.8) is 0 Å². The molecule has 3 aromatic rings. The smallest absolute Gasteiger partial charge is 0.222 e. The topological polar surface area (TPSA) is 78.2 Å². The van der Waals surface area contributed by atoms with Crippen LogP contribution in [-0.2, 0) is 23.1 Å². The van der Waals surface area contributed by atoms with Crippen LogP contribution in [0.1, 0.15) is 19.4 Å². The van der Waals surface area contributed by atoms with Gasteiger partial charge in [0.05, 0.1) is 32.0 Å². The number of nitrogens with zero attached hydrogens (tertiary/aromatic N) is 3. The second-order valence-corrected chi connectivity index (χ2v) is 9.19. The largest absolute Gasteiger partial charge is 0.493 e. The summed E-state index contributed by atoms with van der Waals surface area (Å²) in [5, 5.41) is 15.5. The highest BCUT2D eigenvalue weighted by atomic mass is 16.5. The van der Waals surface area contributed by atoms with Gasteiger partial charge in [-0.25, -0.2) is 4.68 Å². The third kappa shape index (κ3) is 7.80. The van der Waals surface area contributed by atoms with Gasteiger partial charge in [0.15, 0.2) is 11.5 Å². The Hall–Kier alpha value is -2.91. The molecule has 8 nitrogen and oxygen atoms in total. The average Bonchev–Trinajstić information content (AvgIpc) is 3.17. The zero-order valence-electron chi connectivity index (χ0n) is 22.0. The number of aliphatic hydroxyl groups excluding tert-OH is 1. The highest BCUT2D eigenvalue weighted by Gasteiger charge is 2.24. The molecule has 3 rings (SSSR count). The third-order valence-corrected chi connectivity index (χ3v) is 5.63. The molecule has 0 fully saturated rings. The summed E-state index contributed by atoms with van der Waals surface area (Å²) in [6.07, 6.45) is -0.629. The molecular formula is C28H39N3O5. The lowest BCUT2D eigenvalue weighted by molar-refractivity contribution is 0.00329. The SMILES string of the molecule is COCCN(Cc1c(-c2ccccc2)nn(C)c1Oc1ccccc1OC)C[C@@H](O)COCC(C)C. The molecule has 1 N–H and O–H groups in total. The molecule has 1 atom stereocenters. The first kappa shape index (κ1) is 27.7. The number of hydrogen-bond donors (Lipinski definition) is 1. The Morgan fingerprint density at radius 2 is 1.67 bits per heavy atom. The van der Waals surface area contributed by atoms with E-state index in [9.17, 15) is 5.11 Å². The first-order valence-corrected chi connectivity index (χ1v) is 12.3. The predicted molar refractivity (Wildman–Crippen MR) is 141 cm³/mol. The predicted octanol–water partition coefficient (Wildman–Crippen LogP) is 4.37. The molecular weight excluding hydrogens is 458 g/mol. The van der Waals surface area contributed by atoms with Crippen molar-refractivity contribution in [3.05, 3.63) is 60.2 Å². The Bertz CT molecular complexity index is 1050. The van der Waals surface area contributed by atoms with Crippen LogP contribution in [0.15, 0.2) is 54.6 Å². The minimum absolute atomic E-state index is 0.283. The molecule has 0 aliphatic rings. The summed E-state index contributed by atoms with van der Waals surface area (Å²) in [6.45, 7) is 7.18. The highest BCUT2D eigenvalue weighted by Crippen LogP contribution is 2.37. The van der Waals surface area contributed by atoms with Crippen molar-refractivity contribution in [2.24, 2.45) is 13.0 Å². The molecule has 0 aliphatic carbocycles. The first-order valence-electron chi connectivity index (χ1n) is 12.3. The van der Waals surface area contributed by atoms with E-state index in [-0.39, 0.29) is 6.61 Å². The number of rotatable bonds is 15. The van der Waals surface area contributed by atoms with Gasteiger partial charge in [-0.1, -0.05) is 56.3 Å². The van der Waals surface area contributed by atoms with Gasteiger partial charge in [0.2, 0.25) is 5.88 Å². The fraction of sp³-hybridized carbons (Fsp3) is 0.464. The van der Waals surface area contributed by atoms with Crippen LogP contribution >= 0.6 is 0 Å². The van der Waals surface area contributed by atoms with E-state index in [4.69, 9.17) is 24.0 Å². The van der Waals surface area contributed by atoms with Crippen LogP contribution in [0.25, 0.3) is 11.3 Å². The van der Waals surface area contributed by atoms with E-state index in [1.165, 1.54) is 0 Å². The van der Waals surface area contributed by atoms with E-state index in [1.807, 2.05) is 61.6 Å². The van der Waals surface area contributed by atoms with Crippen molar-refractivity contribution >= 4 is 0 Å². The summed E-state index contributed by atoms with van der Waals surface area (Å²) < 4.78 is 24.7. The van der Waals surface area contributed by atoms with Crippen LogP contribution in [0, 0.1) is 5.92 Å². The van der Waals surface area contributed by atoms with Crippen LogP contribution in [-0.4, -0.2) is 73.0 Å². The highest BCUT2D eigenvalue weighted by molar-refractivity contribution is 5.66. The summed E-state index contributed by atoms with van der Waals surface area (Å²) in [6, 6.07) is 17.6. The number of aromatic nitrogens is 2. The van der Waals surface area contributed by atoms with Gasteiger partial charge in [0.25, 0.3) is 0 Å². The fourth-order valence-electron chi connectivity index (χ4n) is 3.93. The first-order chi connectivity index (χ1) is 17.4. The number of aliphatic hydroxyl groups is 1. The molecule has 1 aromatic heterocycles. The number of ether oxygens (including phenoxy) is 4. The van der Waals surface area contributed by atoms with Crippen molar-refractivity contribution in [1.29, 1.82) is 0 Å². The third-order valence-electron chi connectivity index (χ3n) is 5.63. The molecule has 0 bridgehead atoms. The minimum atomic E-state index is -0.629. The van der Waals surface area contributed by atoms with Crippen molar-refractivity contribution in [2.75, 3.05) is 47.1 Å². The lowest BCUT2D eigenvalue weighted by Crippen LogP contribution is -2.37. The summed E-state index contributed by atoms with van der Waals surface area (Å²) in [5.74, 6) is 2.28. The minimum Gasteiger partial charge on any atom is -0.493 e. The lowest BCUT2D eigenvalue weighted by atomic mass is 10.1. The van der Waals surface area contributed by atoms with Gasteiger partial charge in [0, 0.05) is 46.0 Å². The van der Waals surface area contributed by atoms with Crippen molar-refractivity contribution < 1.29 is 24.1 Å². The second-order valence-electron chi connectivity index (χ2n) is 9.19. The van der Waals surface area contributed by atoms with Crippen molar-refractivity contribution in [3.8, 4) is 28.6 Å². The summed E-state index contributed by atoms with van der Waals surface area (Å²) in [7, 11) is 5.17. The Kier molecular flexibility index (Phi) is 10.8. The fourth-order valence-corrected chi connectivity index (χ4v) is 3.93. The van der Waals surface area contributed by atoms with Crippen LogP contribution in [0.4, 0.5) is 0 Å². The molecule has 8 heteroatoms. The van der Waals surface area contributed by atoms with Crippen LogP contribution in [0.5, 0.6) is 17.4 Å². The lowest BCUT2D eigenvalue weighted by Gasteiger charge is -2.25. The van der Waals surface area contributed by atoms with E-state index < -0.39 is 6.10 Å². The number of aryl methyl sites for hydroxylation is 1. The molecule has 0 radical (unpaired) electrons. The van der Waals surface area contributed by atoms with E-state index in [2.05, 4.69) is 18.7 Å². The van der Waals surface area contributed by atoms with Gasteiger partial charge >= 0.3 is 0 Å². The Morgan fingerprint density at radius 1 is 0.972 bits per heavy atom. The molecule has 36 heavy (non-hydrogen) atoms. The molecule has 0 saturated carbocycles. The summed E-state index contributed by atoms with van der Waals surface area (Å²) in [4.78, 5) is 2.14. The Morgan fingerprint density at radius 3 is 2.33 bits per heavy atom. The average molecular weight is 498 g/mol. The normalized spacial score (nSPS) is 12.3. The molecule has 0 amide bonds. The van der Waals surface area contributed by atoms with Crippen molar-refractivity contribution in [1.82, 2.24) is 14.7 Å². The maximum Gasteiger partial charge on any atom is 0.222 e. The summed E-state index contributed by atoms with van der Waals surface area (Å²) >= 11 is 0. The quantitative estimate of drug-likeness (QED) is 0.334. The van der Waals surface area contributed by atoms with Crippen LogP contribution in [0.2, 0.25) is 0 Å². The molecule has 0 unspecified atom stereocenters. The molecule has 0 spiro atoms. The molecule has 0 saturated heterocycles. The molecule has 196 valence electrons.